The number of nitrogens with one attached hydrogen (secondary N) is 1. The number of carboxylic acids is 1. The van der Waals surface area contributed by atoms with Gasteiger partial charge < -0.3 is 15.2 Å². The van der Waals surface area contributed by atoms with E-state index >= 15 is 0 Å². The van der Waals surface area contributed by atoms with E-state index in [-0.39, 0.29) is 28.1 Å². The van der Waals surface area contributed by atoms with Crippen molar-refractivity contribution in [3.8, 4) is 12.1 Å². The Labute approximate surface area is 138 Å². The van der Waals surface area contributed by atoms with Gasteiger partial charge in [0.25, 0.3) is 0 Å². The molecule has 1 unspecified atom stereocenters. The third kappa shape index (κ3) is 2.71. The monoisotopic (exact) mass is 323 g/mol. The first-order chi connectivity index (χ1) is 11.5. The molecule has 7 heteroatoms. The molecular formula is C17H13N3O4. The number of benzene rings is 1. The van der Waals surface area contributed by atoms with Gasteiger partial charge in [0.05, 0.1) is 35.8 Å². The highest BCUT2D eigenvalue weighted by Crippen LogP contribution is 2.39. The molecule has 2 N–H and O–H groups in total. The van der Waals surface area contributed by atoms with Crippen molar-refractivity contribution >= 4 is 11.9 Å². The maximum absolute atomic E-state index is 12.2. The minimum Gasteiger partial charge on any atom is -0.478 e. The van der Waals surface area contributed by atoms with E-state index in [0.29, 0.717) is 5.56 Å². The molecule has 0 radical (unpaired) electrons. The summed E-state index contributed by atoms with van der Waals surface area (Å²) in [7, 11) is 1.14. The van der Waals surface area contributed by atoms with E-state index in [9.17, 15) is 25.2 Å². The number of carboxylic acid groups (broad SMARTS) is 1. The van der Waals surface area contributed by atoms with Gasteiger partial charge in [-0.05, 0) is 18.6 Å². The first-order valence-corrected chi connectivity index (χ1v) is 6.88. The van der Waals surface area contributed by atoms with Gasteiger partial charge in [0.1, 0.15) is 11.8 Å². The number of aliphatic carboxylic acids is 1. The van der Waals surface area contributed by atoms with E-state index in [0.717, 1.165) is 7.11 Å². The number of esters is 1. The molecule has 0 spiro atoms. The lowest BCUT2D eigenvalue weighted by Gasteiger charge is -2.28. The molecule has 0 aliphatic carbocycles. The van der Waals surface area contributed by atoms with Crippen LogP contribution in [-0.2, 0) is 14.3 Å². The maximum atomic E-state index is 12.2. The van der Waals surface area contributed by atoms with E-state index in [4.69, 9.17) is 4.74 Å². The largest absolute Gasteiger partial charge is 0.478 e. The van der Waals surface area contributed by atoms with E-state index in [2.05, 4.69) is 5.32 Å². The molecule has 0 aromatic heterocycles. The zero-order valence-corrected chi connectivity index (χ0v) is 13.0. The molecule has 2 rings (SSSR count). The first kappa shape index (κ1) is 16.8. The molecule has 1 aromatic carbocycles. The Hall–Kier alpha value is -3.58. The Morgan fingerprint density at radius 1 is 1.21 bits per heavy atom. The number of ether oxygens (including phenoxy) is 1. The number of rotatable bonds is 3. The van der Waals surface area contributed by atoms with Crippen molar-refractivity contribution in [3.05, 3.63) is 57.9 Å². The predicted molar refractivity (Wildman–Crippen MR) is 82.0 cm³/mol. The third-order valence-corrected chi connectivity index (χ3v) is 3.70. The Bertz CT molecular complexity index is 869. The first-order valence-electron chi connectivity index (χ1n) is 6.88. The van der Waals surface area contributed by atoms with Gasteiger partial charge in [-0.15, -0.1) is 0 Å². The van der Waals surface area contributed by atoms with Crippen molar-refractivity contribution in [3.63, 3.8) is 0 Å². The quantitative estimate of drug-likeness (QED) is 0.809. The number of hydrogen-bond donors (Lipinski definition) is 2. The predicted octanol–water partition coefficient (Wildman–Crippen LogP) is 1.55. The summed E-state index contributed by atoms with van der Waals surface area (Å²) >= 11 is 0. The standard InChI is InChI=1S/C17H13N3O4/c1-9-13(16(21)22)14(11-6-4-3-5-10(11)7-18)15(17(23)24-2)12(8-19)20-9/h3-6,14,20H,1-2H3,(H,21,22). The summed E-state index contributed by atoms with van der Waals surface area (Å²) in [5.74, 6) is -3.17. The minimum absolute atomic E-state index is 0.0953. The van der Waals surface area contributed by atoms with Gasteiger partial charge in [-0.3, -0.25) is 0 Å². The van der Waals surface area contributed by atoms with Crippen LogP contribution in [0.15, 0.2) is 46.8 Å². The van der Waals surface area contributed by atoms with Gasteiger partial charge >= 0.3 is 11.9 Å². The molecule has 1 aromatic rings. The summed E-state index contributed by atoms with van der Waals surface area (Å²) in [6.45, 7) is 1.50. The zero-order valence-electron chi connectivity index (χ0n) is 13.0. The van der Waals surface area contributed by atoms with Gasteiger partial charge in [-0.2, -0.15) is 10.5 Å². The summed E-state index contributed by atoms with van der Waals surface area (Å²) in [4.78, 5) is 24.0. The molecule has 1 atom stereocenters. The van der Waals surface area contributed by atoms with Gasteiger partial charge in [0.2, 0.25) is 0 Å². The molecule has 0 amide bonds. The van der Waals surface area contributed by atoms with Crippen molar-refractivity contribution in [2.24, 2.45) is 0 Å². The van der Waals surface area contributed by atoms with Crippen LogP contribution in [0.3, 0.4) is 0 Å². The molecule has 1 aliphatic heterocycles. The number of nitriles is 2. The number of dihydropyridines is 1. The van der Waals surface area contributed by atoms with Gasteiger partial charge in [-0.1, -0.05) is 18.2 Å². The lowest BCUT2D eigenvalue weighted by atomic mass is 9.79. The highest BCUT2D eigenvalue weighted by Gasteiger charge is 2.39. The van der Waals surface area contributed by atoms with Crippen LogP contribution in [-0.4, -0.2) is 24.2 Å². The van der Waals surface area contributed by atoms with Crippen molar-refractivity contribution in [2.45, 2.75) is 12.8 Å². The SMILES string of the molecule is COC(=O)C1=C(C#N)NC(C)=C(C(=O)O)C1c1ccccc1C#N. The van der Waals surface area contributed by atoms with Crippen LogP contribution in [0.5, 0.6) is 0 Å². The fourth-order valence-corrected chi connectivity index (χ4v) is 2.69. The number of nitrogens with zero attached hydrogens (tertiary/aromatic N) is 2. The smallest absolute Gasteiger partial charge is 0.337 e. The van der Waals surface area contributed by atoms with Gasteiger partial charge in [0.15, 0.2) is 0 Å². The van der Waals surface area contributed by atoms with E-state index in [1.165, 1.54) is 13.0 Å². The summed E-state index contributed by atoms with van der Waals surface area (Å²) in [5, 5.41) is 30.9. The Morgan fingerprint density at radius 3 is 2.42 bits per heavy atom. The number of hydrogen-bond acceptors (Lipinski definition) is 6. The highest BCUT2D eigenvalue weighted by atomic mass is 16.5. The van der Waals surface area contributed by atoms with Crippen LogP contribution in [0.4, 0.5) is 0 Å². The van der Waals surface area contributed by atoms with E-state index in [1.54, 1.807) is 18.2 Å². The topological polar surface area (TPSA) is 123 Å². The normalized spacial score (nSPS) is 16.8. The molecule has 0 fully saturated rings. The summed E-state index contributed by atoms with van der Waals surface area (Å²) < 4.78 is 4.72. The van der Waals surface area contributed by atoms with Crippen LogP contribution in [0.2, 0.25) is 0 Å². The minimum atomic E-state index is -1.25. The van der Waals surface area contributed by atoms with E-state index < -0.39 is 17.9 Å². The third-order valence-electron chi connectivity index (χ3n) is 3.70. The molecule has 7 nitrogen and oxygen atoms in total. The maximum Gasteiger partial charge on any atom is 0.337 e. The molecule has 120 valence electrons. The molecule has 0 saturated carbocycles. The molecule has 1 heterocycles. The highest BCUT2D eigenvalue weighted by molar-refractivity contribution is 6.00. The van der Waals surface area contributed by atoms with Crippen LogP contribution < -0.4 is 5.32 Å². The van der Waals surface area contributed by atoms with Gasteiger partial charge in [-0.25, -0.2) is 9.59 Å². The number of carbonyl (C=O) groups excluding carboxylic acids is 1. The number of methoxy groups -OCH3 is 1. The fraction of sp³-hybridized carbons (Fsp3) is 0.176. The molecule has 0 bridgehead atoms. The molecule has 0 saturated heterocycles. The van der Waals surface area contributed by atoms with Crippen molar-refractivity contribution < 1.29 is 19.4 Å². The van der Waals surface area contributed by atoms with Crippen molar-refractivity contribution in [2.75, 3.05) is 7.11 Å². The second-order valence-corrected chi connectivity index (χ2v) is 4.99. The summed E-state index contributed by atoms with van der Waals surface area (Å²) in [6, 6.07) is 10.2. The van der Waals surface area contributed by atoms with Crippen LogP contribution in [0, 0.1) is 22.7 Å². The van der Waals surface area contributed by atoms with Crippen molar-refractivity contribution in [1.29, 1.82) is 10.5 Å². The van der Waals surface area contributed by atoms with Crippen molar-refractivity contribution in [1.82, 2.24) is 5.32 Å². The molecule has 24 heavy (non-hydrogen) atoms. The summed E-state index contributed by atoms with van der Waals surface area (Å²) in [6.07, 6.45) is 0. The molecular weight excluding hydrogens is 310 g/mol. The Kier molecular flexibility index (Phi) is 4.67. The lowest BCUT2D eigenvalue weighted by molar-refractivity contribution is -0.136. The zero-order chi connectivity index (χ0) is 17.9. The number of allylic oxidation sites excluding steroid dienone is 2. The van der Waals surface area contributed by atoms with Crippen LogP contribution >= 0.6 is 0 Å². The van der Waals surface area contributed by atoms with Gasteiger partial charge in [0, 0.05) is 5.70 Å². The second-order valence-electron chi connectivity index (χ2n) is 4.99. The summed E-state index contributed by atoms with van der Waals surface area (Å²) in [5.41, 5.74) is 0.426. The average molecular weight is 323 g/mol. The Morgan fingerprint density at radius 2 is 1.88 bits per heavy atom. The average Bonchev–Trinajstić information content (AvgIpc) is 2.59. The van der Waals surface area contributed by atoms with Crippen LogP contribution in [0.25, 0.3) is 0 Å². The van der Waals surface area contributed by atoms with E-state index in [1.807, 2.05) is 12.1 Å². The Balaban J connectivity index is 2.85. The lowest BCUT2D eigenvalue weighted by Crippen LogP contribution is -2.32. The number of carbonyl (C=O) groups is 2. The fourth-order valence-electron chi connectivity index (χ4n) is 2.69. The second kappa shape index (κ2) is 6.67. The molecule has 1 aliphatic rings. The van der Waals surface area contributed by atoms with Crippen LogP contribution in [0.1, 0.15) is 24.0 Å².